The maximum atomic E-state index is 12.1. The van der Waals surface area contributed by atoms with E-state index in [1.54, 1.807) is 23.1 Å². The molecule has 100 valence electrons. The fraction of sp³-hybridized carbons (Fsp3) is 0.333. The predicted molar refractivity (Wildman–Crippen MR) is 73.2 cm³/mol. The van der Waals surface area contributed by atoms with E-state index in [-0.39, 0.29) is 5.91 Å². The van der Waals surface area contributed by atoms with E-state index in [1.165, 1.54) is 0 Å². The van der Waals surface area contributed by atoms with E-state index >= 15 is 0 Å². The van der Waals surface area contributed by atoms with Crippen LogP contribution in [0.4, 0.5) is 5.69 Å². The zero-order chi connectivity index (χ0) is 14.0. The fourth-order valence-corrected chi connectivity index (χ4v) is 2.37. The Hall–Kier alpha value is -2.10. The van der Waals surface area contributed by atoms with Gasteiger partial charge in [-0.15, -0.1) is 0 Å². The van der Waals surface area contributed by atoms with E-state index in [9.17, 15) is 14.7 Å². The molecular weight excluding hydrogens is 242 g/mol. The SMILES string of the molecule is CC(C)=CC(=O)N1CCC(C(=O)O)c2ccccc21. The molecule has 1 heterocycles. The summed E-state index contributed by atoms with van der Waals surface area (Å²) in [5, 5.41) is 9.24. The van der Waals surface area contributed by atoms with Crippen LogP contribution in [0.3, 0.4) is 0 Å². The highest BCUT2D eigenvalue weighted by Crippen LogP contribution is 2.35. The third-order valence-electron chi connectivity index (χ3n) is 3.22. The van der Waals surface area contributed by atoms with Gasteiger partial charge in [-0.3, -0.25) is 9.59 Å². The van der Waals surface area contributed by atoms with Gasteiger partial charge in [-0.2, -0.15) is 0 Å². The number of para-hydroxylation sites is 1. The number of amides is 1. The normalized spacial score (nSPS) is 17.6. The van der Waals surface area contributed by atoms with Gasteiger partial charge in [0.2, 0.25) is 0 Å². The van der Waals surface area contributed by atoms with Gasteiger partial charge in [-0.1, -0.05) is 23.8 Å². The number of nitrogens with zero attached hydrogens (tertiary/aromatic N) is 1. The second kappa shape index (κ2) is 5.26. The molecule has 1 atom stereocenters. The summed E-state index contributed by atoms with van der Waals surface area (Å²) < 4.78 is 0. The Kier molecular flexibility index (Phi) is 3.69. The second-order valence-electron chi connectivity index (χ2n) is 4.95. The number of carboxylic acids is 1. The Morgan fingerprint density at radius 3 is 2.63 bits per heavy atom. The minimum absolute atomic E-state index is 0.0868. The third-order valence-corrected chi connectivity index (χ3v) is 3.22. The fourth-order valence-electron chi connectivity index (χ4n) is 2.37. The van der Waals surface area contributed by atoms with Crippen molar-refractivity contribution in [2.24, 2.45) is 0 Å². The van der Waals surface area contributed by atoms with Crippen molar-refractivity contribution in [1.82, 2.24) is 0 Å². The van der Waals surface area contributed by atoms with Crippen molar-refractivity contribution < 1.29 is 14.7 Å². The summed E-state index contributed by atoms with van der Waals surface area (Å²) in [7, 11) is 0. The van der Waals surface area contributed by atoms with Gasteiger partial charge in [-0.25, -0.2) is 0 Å². The number of allylic oxidation sites excluding steroid dienone is 1. The van der Waals surface area contributed by atoms with Gasteiger partial charge in [0.25, 0.3) is 5.91 Å². The van der Waals surface area contributed by atoms with Crippen LogP contribution in [0.15, 0.2) is 35.9 Å². The van der Waals surface area contributed by atoms with Gasteiger partial charge < -0.3 is 10.0 Å². The van der Waals surface area contributed by atoms with E-state index in [2.05, 4.69) is 0 Å². The van der Waals surface area contributed by atoms with Gasteiger partial charge in [0, 0.05) is 18.3 Å². The van der Waals surface area contributed by atoms with Crippen LogP contribution in [0.1, 0.15) is 31.7 Å². The molecule has 2 rings (SSSR count). The average molecular weight is 259 g/mol. The standard InChI is InChI=1S/C15H17NO3/c1-10(2)9-14(17)16-8-7-12(15(18)19)11-5-3-4-6-13(11)16/h3-6,9,12H,7-8H2,1-2H3,(H,18,19). The molecule has 1 unspecified atom stereocenters. The molecule has 4 heteroatoms. The predicted octanol–water partition coefficient (Wildman–Crippen LogP) is 2.56. The first-order valence-corrected chi connectivity index (χ1v) is 6.29. The molecule has 4 nitrogen and oxygen atoms in total. The summed E-state index contributed by atoms with van der Waals surface area (Å²) >= 11 is 0. The average Bonchev–Trinajstić information content (AvgIpc) is 2.36. The van der Waals surface area contributed by atoms with Gasteiger partial charge in [0.15, 0.2) is 0 Å². The number of hydrogen-bond acceptors (Lipinski definition) is 2. The number of hydrogen-bond donors (Lipinski definition) is 1. The number of rotatable bonds is 2. The zero-order valence-electron chi connectivity index (χ0n) is 11.1. The lowest BCUT2D eigenvalue weighted by atomic mass is 9.90. The molecule has 0 radical (unpaired) electrons. The molecule has 0 aromatic heterocycles. The minimum atomic E-state index is -0.832. The van der Waals surface area contributed by atoms with Crippen molar-refractivity contribution >= 4 is 17.6 Å². The smallest absolute Gasteiger partial charge is 0.311 e. The van der Waals surface area contributed by atoms with Crippen LogP contribution in [0.25, 0.3) is 0 Å². The Balaban J connectivity index is 2.41. The topological polar surface area (TPSA) is 57.6 Å². The lowest BCUT2D eigenvalue weighted by Gasteiger charge is -2.32. The van der Waals surface area contributed by atoms with Crippen molar-refractivity contribution in [3.05, 3.63) is 41.5 Å². The molecule has 0 saturated heterocycles. The van der Waals surface area contributed by atoms with Gasteiger partial charge in [0.05, 0.1) is 5.92 Å². The van der Waals surface area contributed by atoms with Crippen molar-refractivity contribution in [2.75, 3.05) is 11.4 Å². The largest absolute Gasteiger partial charge is 0.481 e. The number of carbonyl (C=O) groups is 2. The molecule has 1 aliphatic heterocycles. The van der Waals surface area contributed by atoms with Crippen LogP contribution >= 0.6 is 0 Å². The van der Waals surface area contributed by atoms with Crippen molar-refractivity contribution in [3.8, 4) is 0 Å². The molecule has 1 aromatic carbocycles. The quantitative estimate of drug-likeness (QED) is 0.830. The Bertz CT molecular complexity index is 544. The zero-order valence-corrected chi connectivity index (χ0v) is 11.1. The molecule has 1 aliphatic rings. The van der Waals surface area contributed by atoms with Gasteiger partial charge in [-0.05, 0) is 31.9 Å². The highest BCUT2D eigenvalue weighted by Gasteiger charge is 2.31. The molecular formula is C15H17NO3. The van der Waals surface area contributed by atoms with Crippen LogP contribution in [0, 0.1) is 0 Å². The molecule has 0 aliphatic carbocycles. The van der Waals surface area contributed by atoms with Gasteiger partial charge >= 0.3 is 5.97 Å². The van der Waals surface area contributed by atoms with Crippen LogP contribution in [-0.2, 0) is 9.59 Å². The van der Waals surface area contributed by atoms with E-state index in [0.29, 0.717) is 18.7 Å². The first-order valence-electron chi connectivity index (χ1n) is 6.29. The van der Waals surface area contributed by atoms with Crippen LogP contribution in [0.2, 0.25) is 0 Å². The first kappa shape index (κ1) is 13.3. The van der Waals surface area contributed by atoms with Crippen molar-refractivity contribution in [2.45, 2.75) is 26.2 Å². The summed E-state index contributed by atoms with van der Waals surface area (Å²) in [4.78, 5) is 25.1. The number of carboxylic acid groups (broad SMARTS) is 1. The first-order chi connectivity index (χ1) is 9.00. The highest BCUT2D eigenvalue weighted by molar-refractivity contribution is 6.03. The van der Waals surface area contributed by atoms with Crippen molar-refractivity contribution in [3.63, 3.8) is 0 Å². The highest BCUT2D eigenvalue weighted by atomic mass is 16.4. The summed E-state index contributed by atoms with van der Waals surface area (Å²) in [5.41, 5.74) is 2.36. The number of benzene rings is 1. The molecule has 1 amide bonds. The van der Waals surface area contributed by atoms with Crippen LogP contribution in [0.5, 0.6) is 0 Å². The number of carbonyl (C=O) groups excluding carboxylic acids is 1. The third kappa shape index (κ3) is 2.67. The summed E-state index contributed by atoms with van der Waals surface area (Å²) in [5.74, 6) is -1.44. The lowest BCUT2D eigenvalue weighted by molar-refractivity contribution is -0.139. The second-order valence-corrected chi connectivity index (χ2v) is 4.95. The van der Waals surface area contributed by atoms with E-state index < -0.39 is 11.9 Å². The number of aliphatic carboxylic acids is 1. The van der Waals surface area contributed by atoms with Crippen molar-refractivity contribution in [1.29, 1.82) is 0 Å². The van der Waals surface area contributed by atoms with Gasteiger partial charge in [0.1, 0.15) is 0 Å². The summed E-state index contributed by atoms with van der Waals surface area (Å²) in [6.07, 6.45) is 2.03. The monoisotopic (exact) mass is 259 g/mol. The summed E-state index contributed by atoms with van der Waals surface area (Å²) in [6, 6.07) is 7.23. The number of anilines is 1. The maximum Gasteiger partial charge on any atom is 0.311 e. The van der Waals surface area contributed by atoms with Crippen LogP contribution < -0.4 is 4.90 Å². The Morgan fingerprint density at radius 2 is 2.00 bits per heavy atom. The molecule has 19 heavy (non-hydrogen) atoms. The molecule has 0 saturated carbocycles. The van der Waals surface area contributed by atoms with E-state index in [4.69, 9.17) is 0 Å². The van der Waals surface area contributed by atoms with E-state index in [1.807, 2.05) is 26.0 Å². The van der Waals surface area contributed by atoms with Crippen LogP contribution in [-0.4, -0.2) is 23.5 Å². The minimum Gasteiger partial charge on any atom is -0.481 e. The summed E-state index contributed by atoms with van der Waals surface area (Å²) in [6.45, 7) is 4.18. The molecule has 1 N–H and O–H groups in total. The maximum absolute atomic E-state index is 12.1. The Morgan fingerprint density at radius 1 is 1.32 bits per heavy atom. The molecule has 0 spiro atoms. The van der Waals surface area contributed by atoms with E-state index in [0.717, 1.165) is 11.1 Å². The number of fused-ring (bicyclic) bond motifs is 1. The lowest BCUT2D eigenvalue weighted by Crippen LogP contribution is -2.37. The molecule has 0 fully saturated rings. The Labute approximate surface area is 112 Å². The molecule has 1 aromatic rings. The molecule has 0 bridgehead atoms.